The van der Waals surface area contributed by atoms with Crippen molar-refractivity contribution in [2.45, 2.75) is 52.4 Å². The Kier molecular flexibility index (Phi) is 5.12. The quantitative estimate of drug-likeness (QED) is 0.680. The molecule has 0 amide bonds. The summed E-state index contributed by atoms with van der Waals surface area (Å²) in [7, 11) is 0. The van der Waals surface area contributed by atoms with Crippen molar-refractivity contribution in [1.29, 1.82) is 0 Å². The molecule has 0 radical (unpaired) electrons. The molecule has 3 rings (SSSR count). The van der Waals surface area contributed by atoms with Gasteiger partial charge in [-0.3, -0.25) is 0 Å². The van der Waals surface area contributed by atoms with E-state index in [0.717, 1.165) is 42.9 Å². The van der Waals surface area contributed by atoms with Gasteiger partial charge in [0.1, 0.15) is 5.82 Å². The highest BCUT2D eigenvalue weighted by Crippen LogP contribution is 2.32. The minimum atomic E-state index is -4.36. The Balaban J connectivity index is 1.92. The normalized spacial score (nSPS) is 15.2. The van der Waals surface area contributed by atoms with Gasteiger partial charge in [-0.2, -0.15) is 13.2 Å². The van der Waals surface area contributed by atoms with Gasteiger partial charge in [-0.15, -0.1) is 0 Å². The molecule has 1 aliphatic heterocycles. The topological polar surface area (TPSA) is 21.1 Å². The van der Waals surface area contributed by atoms with E-state index in [-0.39, 0.29) is 5.92 Å². The zero-order chi connectivity index (χ0) is 18.9. The van der Waals surface area contributed by atoms with Crippen LogP contribution in [0.4, 0.5) is 13.2 Å². The zero-order valence-electron chi connectivity index (χ0n) is 15.3. The first kappa shape index (κ1) is 18.5. The molecule has 0 saturated carbocycles. The maximum Gasteiger partial charge on any atom is 0.416 e. The number of benzene rings is 1. The number of hydrogen-bond acceptors (Lipinski definition) is 2. The molecule has 0 aliphatic carbocycles. The second-order valence-electron chi connectivity index (χ2n) is 7.01. The molecule has 0 N–H and O–H groups in total. The van der Waals surface area contributed by atoms with E-state index in [1.165, 1.54) is 11.6 Å². The zero-order valence-corrected chi connectivity index (χ0v) is 15.3. The Morgan fingerprint density at radius 3 is 2.58 bits per heavy atom. The Morgan fingerprint density at radius 1 is 1.23 bits per heavy atom. The number of nitrogens with zero attached hydrogens (tertiary/aromatic N) is 3. The molecule has 0 bridgehead atoms. The Labute approximate surface area is 151 Å². The van der Waals surface area contributed by atoms with Crippen LogP contribution >= 0.6 is 0 Å². The Hall–Kier alpha value is -2.24. The van der Waals surface area contributed by atoms with Crippen molar-refractivity contribution in [2.75, 3.05) is 6.54 Å². The lowest BCUT2D eigenvalue weighted by atomic mass is 10.1. The summed E-state index contributed by atoms with van der Waals surface area (Å²) in [6.45, 7) is 7.54. The molecule has 6 heteroatoms. The van der Waals surface area contributed by atoms with E-state index in [0.29, 0.717) is 12.2 Å². The first-order valence-electron chi connectivity index (χ1n) is 8.98. The number of aromatic nitrogens is 2. The molecule has 1 aliphatic rings. The van der Waals surface area contributed by atoms with Crippen molar-refractivity contribution in [3.63, 3.8) is 0 Å². The number of rotatable bonds is 5. The van der Waals surface area contributed by atoms with Gasteiger partial charge in [0.05, 0.1) is 23.3 Å². The van der Waals surface area contributed by atoms with Crippen LogP contribution in [0.3, 0.4) is 0 Å². The van der Waals surface area contributed by atoms with E-state index in [1.807, 2.05) is 18.4 Å². The summed E-state index contributed by atoms with van der Waals surface area (Å²) in [4.78, 5) is 6.64. The minimum Gasteiger partial charge on any atom is -0.356 e. The Bertz CT molecular complexity index is 844. The smallest absolute Gasteiger partial charge is 0.356 e. The molecule has 140 valence electrons. The van der Waals surface area contributed by atoms with Crippen molar-refractivity contribution >= 4 is 11.0 Å². The summed E-state index contributed by atoms with van der Waals surface area (Å²) in [5, 5.41) is 0. The molecule has 0 atom stereocenters. The van der Waals surface area contributed by atoms with Gasteiger partial charge in [-0.25, -0.2) is 4.98 Å². The van der Waals surface area contributed by atoms with E-state index >= 15 is 0 Å². The lowest BCUT2D eigenvalue weighted by Crippen LogP contribution is -2.24. The van der Waals surface area contributed by atoms with Crippen molar-refractivity contribution < 1.29 is 13.2 Å². The molecule has 3 nitrogen and oxygen atoms in total. The number of alkyl halides is 3. The van der Waals surface area contributed by atoms with Gasteiger partial charge in [-0.05, 0) is 36.3 Å². The fourth-order valence-corrected chi connectivity index (χ4v) is 3.24. The van der Waals surface area contributed by atoms with Crippen LogP contribution in [0.5, 0.6) is 0 Å². The average molecular weight is 363 g/mol. The third-order valence-corrected chi connectivity index (χ3v) is 4.57. The highest BCUT2D eigenvalue weighted by Gasteiger charge is 2.31. The number of fused-ring (bicyclic) bond motifs is 1. The highest BCUT2D eigenvalue weighted by molar-refractivity contribution is 5.77. The van der Waals surface area contributed by atoms with E-state index < -0.39 is 11.7 Å². The molecular formula is C20H24F3N3. The lowest BCUT2D eigenvalue weighted by Gasteiger charge is -2.25. The summed E-state index contributed by atoms with van der Waals surface area (Å²) in [6, 6.07) is 3.81. The standard InChI is InChI=1S/C20H24F3N3/c1-4-5-15-8-10-25(11-9-15)13-26-18-7-6-16(20(21,22)23)12-17(18)24-19(26)14(2)3/h6-10,12,14H,4-5,11,13H2,1-3H3. The predicted molar refractivity (Wildman–Crippen MR) is 97.7 cm³/mol. The molecule has 0 spiro atoms. The number of halogens is 3. The molecule has 0 unspecified atom stereocenters. The molecule has 26 heavy (non-hydrogen) atoms. The average Bonchev–Trinajstić information content (AvgIpc) is 2.94. The first-order chi connectivity index (χ1) is 12.3. The third kappa shape index (κ3) is 3.79. The van der Waals surface area contributed by atoms with Gasteiger partial charge in [-0.1, -0.05) is 33.3 Å². The van der Waals surface area contributed by atoms with Crippen LogP contribution in [0.25, 0.3) is 11.0 Å². The molecule has 0 fully saturated rings. The summed E-state index contributed by atoms with van der Waals surface area (Å²) < 4.78 is 41.0. The summed E-state index contributed by atoms with van der Waals surface area (Å²) in [5.74, 6) is 0.924. The third-order valence-electron chi connectivity index (χ3n) is 4.57. The summed E-state index contributed by atoms with van der Waals surface area (Å²) in [5.41, 5.74) is 1.80. The van der Waals surface area contributed by atoms with E-state index in [9.17, 15) is 13.2 Å². The lowest BCUT2D eigenvalue weighted by molar-refractivity contribution is -0.137. The molecule has 2 heterocycles. The predicted octanol–water partition coefficient (Wildman–Crippen LogP) is 5.69. The molecule has 1 aromatic carbocycles. The van der Waals surface area contributed by atoms with Crippen LogP contribution in [-0.4, -0.2) is 21.0 Å². The van der Waals surface area contributed by atoms with Crippen LogP contribution in [-0.2, 0) is 12.8 Å². The van der Waals surface area contributed by atoms with Crippen LogP contribution in [0.2, 0.25) is 0 Å². The fourth-order valence-electron chi connectivity index (χ4n) is 3.24. The van der Waals surface area contributed by atoms with Gasteiger partial charge in [0.25, 0.3) is 0 Å². The van der Waals surface area contributed by atoms with Crippen molar-refractivity contribution in [3.05, 3.63) is 53.5 Å². The second-order valence-corrected chi connectivity index (χ2v) is 7.01. The van der Waals surface area contributed by atoms with Crippen molar-refractivity contribution in [3.8, 4) is 0 Å². The molecular weight excluding hydrogens is 339 g/mol. The van der Waals surface area contributed by atoms with Crippen LogP contribution in [0, 0.1) is 0 Å². The largest absolute Gasteiger partial charge is 0.416 e. The van der Waals surface area contributed by atoms with Crippen molar-refractivity contribution in [2.24, 2.45) is 0 Å². The summed E-state index contributed by atoms with van der Waals surface area (Å²) in [6.07, 6.45) is 4.20. The van der Waals surface area contributed by atoms with Crippen LogP contribution in [0.1, 0.15) is 50.9 Å². The highest BCUT2D eigenvalue weighted by atomic mass is 19.4. The fraction of sp³-hybridized carbons (Fsp3) is 0.450. The van der Waals surface area contributed by atoms with E-state index in [1.54, 1.807) is 0 Å². The minimum absolute atomic E-state index is 0.122. The molecule has 2 aromatic rings. The van der Waals surface area contributed by atoms with Crippen LogP contribution in [0.15, 0.2) is 42.1 Å². The number of imidazole rings is 1. The van der Waals surface area contributed by atoms with Gasteiger partial charge in [0, 0.05) is 18.7 Å². The second kappa shape index (κ2) is 7.17. The first-order valence-corrected chi connectivity index (χ1v) is 8.98. The van der Waals surface area contributed by atoms with Gasteiger partial charge >= 0.3 is 6.18 Å². The summed E-state index contributed by atoms with van der Waals surface area (Å²) >= 11 is 0. The maximum atomic E-state index is 13.0. The molecule has 0 saturated heterocycles. The van der Waals surface area contributed by atoms with E-state index in [4.69, 9.17) is 0 Å². The number of hydrogen-bond donors (Lipinski definition) is 0. The van der Waals surface area contributed by atoms with Gasteiger partial charge < -0.3 is 9.47 Å². The van der Waals surface area contributed by atoms with Gasteiger partial charge in [0.15, 0.2) is 0 Å². The number of allylic oxidation sites excluding steroid dienone is 2. The molecule has 1 aromatic heterocycles. The maximum absolute atomic E-state index is 13.0. The van der Waals surface area contributed by atoms with Gasteiger partial charge in [0.2, 0.25) is 0 Å². The van der Waals surface area contributed by atoms with Crippen LogP contribution < -0.4 is 0 Å². The van der Waals surface area contributed by atoms with Crippen molar-refractivity contribution in [1.82, 2.24) is 14.5 Å². The monoisotopic (exact) mass is 363 g/mol. The van der Waals surface area contributed by atoms with E-state index in [2.05, 4.69) is 35.2 Å². The SMILES string of the molecule is CCCC1=CCN(Cn2c(C(C)C)nc3cc(C(F)(F)F)ccc32)C=C1. The Morgan fingerprint density at radius 2 is 2.00 bits per heavy atom.